The number of carboxylic acid groups (broad SMARTS) is 2. The summed E-state index contributed by atoms with van der Waals surface area (Å²) in [6.45, 7) is 1.30. The Morgan fingerprint density at radius 3 is 2.19 bits per heavy atom. The molecule has 0 saturated heterocycles. The zero-order valence-corrected chi connectivity index (χ0v) is 12.0. The van der Waals surface area contributed by atoms with Crippen LogP contribution in [0.4, 0.5) is 5.69 Å². The highest BCUT2D eigenvalue weighted by Gasteiger charge is 2.28. The molecule has 0 aromatic heterocycles. The molecule has 0 bridgehead atoms. The molecule has 0 saturated carbocycles. The van der Waals surface area contributed by atoms with E-state index in [1.807, 2.05) is 4.72 Å². The predicted octanol–water partition coefficient (Wildman–Crippen LogP) is 0.497. The minimum absolute atomic E-state index is 0.264. The highest BCUT2D eigenvalue weighted by molar-refractivity contribution is 7.90. The monoisotopic (exact) mass is 316 g/mol. The first-order valence-corrected chi connectivity index (χ1v) is 7.50. The maximum atomic E-state index is 11.8. The van der Waals surface area contributed by atoms with Gasteiger partial charge in [-0.15, -0.1) is 0 Å². The molecular formula is C12H16N2O6S. The highest BCUT2D eigenvalue weighted by atomic mass is 32.2. The molecule has 2 atom stereocenters. The third kappa shape index (κ3) is 5.79. The average molecular weight is 316 g/mol. The van der Waals surface area contributed by atoms with Crippen molar-refractivity contribution in [1.82, 2.24) is 4.72 Å². The van der Waals surface area contributed by atoms with Crippen LogP contribution >= 0.6 is 0 Å². The van der Waals surface area contributed by atoms with E-state index in [9.17, 15) is 18.0 Å². The highest BCUT2D eigenvalue weighted by Crippen LogP contribution is 2.10. The fourth-order valence-electron chi connectivity index (χ4n) is 1.53. The molecule has 0 fully saturated rings. The lowest BCUT2D eigenvalue weighted by Gasteiger charge is -2.17. The molecule has 1 rings (SSSR count). The number of anilines is 1. The largest absolute Gasteiger partial charge is 0.481 e. The van der Waals surface area contributed by atoms with Crippen LogP contribution in [0.3, 0.4) is 0 Å². The van der Waals surface area contributed by atoms with Crippen LogP contribution < -0.4 is 9.44 Å². The Bertz CT molecular complexity index is 601. The van der Waals surface area contributed by atoms with Crippen molar-refractivity contribution >= 4 is 27.8 Å². The van der Waals surface area contributed by atoms with Crippen LogP contribution in [0.5, 0.6) is 0 Å². The third-order valence-corrected chi connectivity index (χ3v) is 3.73. The molecule has 0 amide bonds. The second-order valence-corrected chi connectivity index (χ2v) is 5.90. The van der Waals surface area contributed by atoms with E-state index in [0.717, 1.165) is 0 Å². The van der Waals surface area contributed by atoms with Gasteiger partial charge in [0.25, 0.3) is 10.2 Å². The summed E-state index contributed by atoms with van der Waals surface area (Å²) in [6.07, 6.45) is -0.361. The van der Waals surface area contributed by atoms with Crippen molar-refractivity contribution in [3.05, 3.63) is 30.3 Å². The summed E-state index contributed by atoms with van der Waals surface area (Å²) in [4.78, 5) is 21.8. The van der Waals surface area contributed by atoms with Crippen molar-refractivity contribution in [2.75, 3.05) is 4.72 Å². The summed E-state index contributed by atoms with van der Waals surface area (Å²) in [7, 11) is -4.12. The Morgan fingerprint density at radius 1 is 1.14 bits per heavy atom. The number of benzene rings is 1. The van der Waals surface area contributed by atoms with Crippen molar-refractivity contribution in [1.29, 1.82) is 0 Å². The number of rotatable bonds is 8. The van der Waals surface area contributed by atoms with Crippen LogP contribution in [-0.4, -0.2) is 36.6 Å². The van der Waals surface area contributed by atoms with Gasteiger partial charge in [-0.25, -0.2) is 0 Å². The summed E-state index contributed by atoms with van der Waals surface area (Å²) in [5, 5.41) is 17.7. The molecule has 21 heavy (non-hydrogen) atoms. The molecule has 1 aromatic carbocycles. The maximum Gasteiger partial charge on any atom is 0.321 e. The number of hydrogen-bond donors (Lipinski definition) is 4. The van der Waals surface area contributed by atoms with Gasteiger partial charge in [-0.3, -0.25) is 14.3 Å². The molecule has 0 aliphatic heterocycles. The summed E-state index contributed by atoms with van der Waals surface area (Å²) < 4.78 is 27.7. The van der Waals surface area contributed by atoms with E-state index in [0.29, 0.717) is 0 Å². The second-order valence-electron chi connectivity index (χ2n) is 4.46. The summed E-state index contributed by atoms with van der Waals surface area (Å²) in [6, 6.07) is 6.37. The number of hydrogen-bond acceptors (Lipinski definition) is 4. The number of nitrogens with one attached hydrogen (secondary N) is 2. The van der Waals surface area contributed by atoms with Gasteiger partial charge in [-0.1, -0.05) is 25.1 Å². The van der Waals surface area contributed by atoms with E-state index in [4.69, 9.17) is 10.2 Å². The quantitative estimate of drug-likeness (QED) is 0.552. The van der Waals surface area contributed by atoms with Gasteiger partial charge in [0.1, 0.15) is 6.04 Å². The van der Waals surface area contributed by atoms with E-state index in [1.54, 1.807) is 18.2 Å². The normalized spacial score (nSPS) is 14.1. The number of carboxylic acids is 2. The zero-order chi connectivity index (χ0) is 16.0. The van der Waals surface area contributed by atoms with Gasteiger partial charge in [0.2, 0.25) is 0 Å². The fourth-order valence-corrected chi connectivity index (χ4v) is 2.61. The van der Waals surface area contributed by atoms with Crippen molar-refractivity contribution in [3.63, 3.8) is 0 Å². The first kappa shape index (κ1) is 16.9. The Kier molecular flexibility index (Phi) is 5.68. The zero-order valence-electron chi connectivity index (χ0n) is 11.2. The lowest BCUT2D eigenvalue weighted by atomic mass is 10.0. The smallest absolute Gasteiger partial charge is 0.321 e. The lowest BCUT2D eigenvalue weighted by molar-refractivity contribution is -0.143. The molecule has 0 aliphatic rings. The van der Waals surface area contributed by atoms with Gasteiger partial charge in [-0.05, 0) is 18.6 Å². The predicted molar refractivity (Wildman–Crippen MR) is 75.0 cm³/mol. The van der Waals surface area contributed by atoms with E-state index in [2.05, 4.69) is 4.72 Å². The van der Waals surface area contributed by atoms with Gasteiger partial charge in [0.05, 0.1) is 5.92 Å². The Balaban J connectivity index is 2.78. The standard InChI is InChI=1S/C12H16N2O6S/c1-8(11(15)16)7-10(12(17)18)14-21(19,20)13-9-5-3-2-4-6-9/h2-6,8,10,13-14H,7H2,1H3,(H,15,16)(H,17,18)/t8?,10-/m0/s1. The first-order chi connectivity index (χ1) is 9.71. The minimum Gasteiger partial charge on any atom is -0.481 e. The van der Waals surface area contributed by atoms with Crippen LogP contribution in [0.15, 0.2) is 30.3 Å². The molecule has 0 aliphatic carbocycles. The van der Waals surface area contributed by atoms with Gasteiger partial charge in [0, 0.05) is 5.69 Å². The first-order valence-electron chi connectivity index (χ1n) is 6.02. The van der Waals surface area contributed by atoms with Gasteiger partial charge in [0.15, 0.2) is 0 Å². The van der Waals surface area contributed by atoms with Gasteiger partial charge in [-0.2, -0.15) is 13.1 Å². The van der Waals surface area contributed by atoms with Crippen LogP contribution in [0.2, 0.25) is 0 Å². The van der Waals surface area contributed by atoms with E-state index < -0.39 is 34.1 Å². The third-order valence-electron chi connectivity index (χ3n) is 2.63. The molecule has 1 aromatic rings. The Morgan fingerprint density at radius 2 is 1.71 bits per heavy atom. The van der Waals surface area contributed by atoms with Crippen LogP contribution in [0, 0.1) is 5.92 Å². The van der Waals surface area contributed by atoms with Crippen LogP contribution in [-0.2, 0) is 19.8 Å². The van der Waals surface area contributed by atoms with Crippen molar-refractivity contribution in [2.24, 2.45) is 5.92 Å². The van der Waals surface area contributed by atoms with Gasteiger partial charge >= 0.3 is 11.9 Å². The second kappa shape index (κ2) is 7.04. The van der Waals surface area contributed by atoms with Crippen molar-refractivity contribution < 1.29 is 28.2 Å². The number of para-hydroxylation sites is 1. The summed E-state index contributed by atoms with van der Waals surface area (Å²) >= 11 is 0. The number of aliphatic carboxylic acids is 2. The molecule has 116 valence electrons. The van der Waals surface area contributed by atoms with Gasteiger partial charge < -0.3 is 10.2 Å². The summed E-state index contributed by atoms with van der Waals surface area (Å²) in [5.74, 6) is -3.64. The topological polar surface area (TPSA) is 133 Å². The minimum atomic E-state index is -4.12. The molecule has 8 nitrogen and oxygen atoms in total. The average Bonchev–Trinajstić information content (AvgIpc) is 2.37. The molecule has 0 spiro atoms. The molecular weight excluding hydrogens is 300 g/mol. The molecule has 4 N–H and O–H groups in total. The molecule has 9 heteroatoms. The fraction of sp³-hybridized carbons (Fsp3) is 0.333. The lowest BCUT2D eigenvalue weighted by Crippen LogP contribution is -2.44. The van der Waals surface area contributed by atoms with E-state index >= 15 is 0 Å². The maximum absolute atomic E-state index is 11.8. The van der Waals surface area contributed by atoms with Crippen molar-refractivity contribution in [3.8, 4) is 0 Å². The Hall–Kier alpha value is -2.13. The van der Waals surface area contributed by atoms with Crippen molar-refractivity contribution in [2.45, 2.75) is 19.4 Å². The van der Waals surface area contributed by atoms with E-state index in [-0.39, 0.29) is 12.1 Å². The molecule has 1 unspecified atom stereocenters. The molecule has 0 heterocycles. The number of carbonyl (C=O) groups is 2. The molecule has 0 radical (unpaired) electrons. The van der Waals surface area contributed by atoms with Crippen LogP contribution in [0.25, 0.3) is 0 Å². The summed E-state index contributed by atoms with van der Waals surface area (Å²) in [5.41, 5.74) is 0.264. The van der Waals surface area contributed by atoms with Crippen LogP contribution in [0.1, 0.15) is 13.3 Å². The van der Waals surface area contributed by atoms with E-state index in [1.165, 1.54) is 19.1 Å². The SMILES string of the molecule is CC(C[C@H](NS(=O)(=O)Nc1ccccc1)C(=O)O)C(=O)O. The Labute approximate surface area is 122 Å².